The van der Waals surface area contributed by atoms with Gasteiger partial charge in [-0.1, -0.05) is 13.8 Å². The van der Waals surface area contributed by atoms with E-state index in [0.29, 0.717) is 0 Å². The van der Waals surface area contributed by atoms with E-state index in [-0.39, 0.29) is 17.3 Å². The molecule has 1 aliphatic carbocycles. The normalized spacial score (nSPS) is 28.8. The molecule has 4 nitrogen and oxygen atoms in total. The van der Waals surface area contributed by atoms with Crippen LogP contribution in [0.2, 0.25) is 0 Å². The first-order chi connectivity index (χ1) is 6.46. The lowest BCUT2D eigenvalue weighted by Gasteiger charge is -1.99. The van der Waals surface area contributed by atoms with Gasteiger partial charge in [-0.25, -0.2) is 4.98 Å². The van der Waals surface area contributed by atoms with Crippen LogP contribution in [0.4, 0.5) is 0 Å². The molecule has 2 atom stereocenters. The molecule has 0 amide bonds. The first-order valence-corrected chi connectivity index (χ1v) is 4.69. The largest absolute Gasteiger partial charge is 0.481 e. The molecule has 0 saturated heterocycles. The Hall–Kier alpha value is -1.32. The average molecular weight is 194 g/mol. The molecule has 2 N–H and O–H groups in total. The van der Waals surface area contributed by atoms with Crippen LogP contribution < -0.4 is 0 Å². The lowest BCUT2D eigenvalue weighted by atomic mass is 10.1. The fourth-order valence-electron chi connectivity index (χ4n) is 2.29. The number of aromatic nitrogens is 2. The summed E-state index contributed by atoms with van der Waals surface area (Å²) < 4.78 is 0. The summed E-state index contributed by atoms with van der Waals surface area (Å²) in [5, 5.41) is 9.01. The number of H-pyrrole nitrogens is 1. The van der Waals surface area contributed by atoms with E-state index in [1.807, 2.05) is 20.8 Å². The van der Waals surface area contributed by atoms with Gasteiger partial charge in [0.15, 0.2) is 0 Å². The van der Waals surface area contributed by atoms with Crippen LogP contribution in [-0.2, 0) is 4.79 Å². The van der Waals surface area contributed by atoms with Crippen molar-refractivity contribution < 1.29 is 9.90 Å². The Kier molecular flexibility index (Phi) is 1.71. The van der Waals surface area contributed by atoms with Crippen molar-refractivity contribution in [2.45, 2.75) is 26.7 Å². The van der Waals surface area contributed by atoms with Gasteiger partial charge in [0.2, 0.25) is 0 Å². The second kappa shape index (κ2) is 2.59. The number of imidazole rings is 1. The maximum absolute atomic E-state index is 11.0. The number of carbonyl (C=O) groups is 1. The fraction of sp³-hybridized carbons (Fsp3) is 0.600. The Morgan fingerprint density at radius 1 is 1.64 bits per heavy atom. The average Bonchev–Trinajstić information content (AvgIpc) is 2.42. The highest BCUT2D eigenvalue weighted by Gasteiger charge is 2.64. The van der Waals surface area contributed by atoms with Crippen molar-refractivity contribution in [1.29, 1.82) is 0 Å². The molecule has 4 heteroatoms. The Bertz CT molecular complexity index is 381. The molecule has 1 fully saturated rings. The standard InChI is InChI=1S/C10H14N2O2/c1-5-8(12-4-11-5)6-7(9(13)14)10(6,2)3/h4,6-7H,1-3H3,(H,11,12)(H,13,14)/t6-,7-/m0/s1. The van der Waals surface area contributed by atoms with E-state index in [9.17, 15) is 4.79 Å². The van der Waals surface area contributed by atoms with Gasteiger partial charge in [0.05, 0.1) is 17.9 Å². The molecule has 76 valence electrons. The van der Waals surface area contributed by atoms with Crippen molar-refractivity contribution in [1.82, 2.24) is 9.97 Å². The quantitative estimate of drug-likeness (QED) is 0.750. The molecule has 1 aliphatic rings. The third kappa shape index (κ3) is 1.06. The van der Waals surface area contributed by atoms with Crippen molar-refractivity contribution in [3.05, 3.63) is 17.7 Å². The van der Waals surface area contributed by atoms with Gasteiger partial charge >= 0.3 is 5.97 Å². The minimum Gasteiger partial charge on any atom is -0.481 e. The van der Waals surface area contributed by atoms with E-state index in [2.05, 4.69) is 9.97 Å². The van der Waals surface area contributed by atoms with Gasteiger partial charge in [-0.05, 0) is 12.3 Å². The molecule has 0 unspecified atom stereocenters. The van der Waals surface area contributed by atoms with Crippen molar-refractivity contribution in [2.75, 3.05) is 0 Å². The summed E-state index contributed by atoms with van der Waals surface area (Å²) in [7, 11) is 0. The minimum atomic E-state index is -0.720. The summed E-state index contributed by atoms with van der Waals surface area (Å²) in [5.74, 6) is -0.946. The van der Waals surface area contributed by atoms with Gasteiger partial charge in [0, 0.05) is 11.6 Å². The Morgan fingerprint density at radius 3 is 2.64 bits per heavy atom. The second-order valence-corrected chi connectivity index (χ2v) is 4.53. The van der Waals surface area contributed by atoms with Crippen LogP contribution in [0.25, 0.3) is 0 Å². The van der Waals surface area contributed by atoms with Gasteiger partial charge in [-0.15, -0.1) is 0 Å². The fourth-order valence-corrected chi connectivity index (χ4v) is 2.29. The second-order valence-electron chi connectivity index (χ2n) is 4.53. The third-order valence-electron chi connectivity index (χ3n) is 3.26. The molecule has 0 aliphatic heterocycles. The van der Waals surface area contributed by atoms with E-state index in [1.54, 1.807) is 6.33 Å². The monoisotopic (exact) mass is 194 g/mol. The van der Waals surface area contributed by atoms with Crippen molar-refractivity contribution in [3.8, 4) is 0 Å². The maximum Gasteiger partial charge on any atom is 0.307 e. The van der Waals surface area contributed by atoms with Crippen LogP contribution in [0.5, 0.6) is 0 Å². The maximum atomic E-state index is 11.0. The van der Waals surface area contributed by atoms with Gasteiger partial charge in [0.1, 0.15) is 0 Å². The highest BCUT2D eigenvalue weighted by Crippen LogP contribution is 2.64. The van der Waals surface area contributed by atoms with Crippen molar-refractivity contribution >= 4 is 5.97 Å². The van der Waals surface area contributed by atoms with E-state index < -0.39 is 5.97 Å². The number of hydrogen-bond donors (Lipinski definition) is 2. The van der Waals surface area contributed by atoms with Gasteiger partial charge in [-0.3, -0.25) is 4.79 Å². The Balaban J connectivity index is 2.32. The molecular formula is C10H14N2O2. The van der Waals surface area contributed by atoms with E-state index >= 15 is 0 Å². The number of hydrogen-bond acceptors (Lipinski definition) is 2. The molecule has 0 radical (unpaired) electrons. The molecule has 1 saturated carbocycles. The van der Waals surface area contributed by atoms with E-state index in [0.717, 1.165) is 11.4 Å². The van der Waals surface area contributed by atoms with Gasteiger partial charge in [-0.2, -0.15) is 0 Å². The first-order valence-electron chi connectivity index (χ1n) is 4.69. The van der Waals surface area contributed by atoms with Crippen LogP contribution in [0.15, 0.2) is 6.33 Å². The minimum absolute atomic E-state index is 0.0613. The lowest BCUT2D eigenvalue weighted by Crippen LogP contribution is -2.03. The lowest BCUT2D eigenvalue weighted by molar-refractivity contribution is -0.139. The van der Waals surface area contributed by atoms with Crippen LogP contribution in [0, 0.1) is 18.3 Å². The number of aromatic amines is 1. The molecular weight excluding hydrogens is 180 g/mol. The number of carboxylic acid groups (broad SMARTS) is 1. The first kappa shape index (κ1) is 9.24. The van der Waals surface area contributed by atoms with Crippen LogP contribution in [0.1, 0.15) is 31.2 Å². The zero-order valence-electron chi connectivity index (χ0n) is 8.53. The van der Waals surface area contributed by atoms with Gasteiger partial charge < -0.3 is 10.1 Å². The van der Waals surface area contributed by atoms with Gasteiger partial charge in [0.25, 0.3) is 0 Å². The SMILES string of the molecule is Cc1[nH]cnc1[C@@H]1[C@@H](C(=O)O)C1(C)C. The molecule has 14 heavy (non-hydrogen) atoms. The third-order valence-corrected chi connectivity index (χ3v) is 3.26. The molecule has 1 heterocycles. The van der Waals surface area contributed by atoms with Crippen molar-refractivity contribution in [3.63, 3.8) is 0 Å². The number of aryl methyl sites for hydroxylation is 1. The number of rotatable bonds is 2. The Labute approximate surface area is 82.4 Å². The number of aliphatic carboxylic acids is 1. The summed E-state index contributed by atoms with van der Waals surface area (Å²) in [6.07, 6.45) is 1.62. The smallest absolute Gasteiger partial charge is 0.307 e. The molecule has 1 aromatic heterocycles. The molecule has 2 rings (SSSR count). The Morgan fingerprint density at radius 2 is 2.29 bits per heavy atom. The zero-order valence-corrected chi connectivity index (χ0v) is 8.53. The number of carboxylic acids is 1. The predicted octanol–water partition coefficient (Wildman–Crippen LogP) is 1.54. The molecule has 0 bridgehead atoms. The van der Waals surface area contributed by atoms with E-state index in [4.69, 9.17) is 5.11 Å². The van der Waals surface area contributed by atoms with E-state index in [1.165, 1.54) is 0 Å². The van der Waals surface area contributed by atoms with Crippen molar-refractivity contribution in [2.24, 2.45) is 11.3 Å². The molecule has 0 aromatic carbocycles. The summed E-state index contributed by atoms with van der Waals surface area (Å²) in [6, 6.07) is 0. The number of nitrogens with one attached hydrogen (secondary N) is 1. The molecule has 1 aromatic rings. The van der Waals surface area contributed by atoms with Crippen LogP contribution in [-0.4, -0.2) is 21.0 Å². The summed E-state index contributed by atoms with van der Waals surface area (Å²) in [5.41, 5.74) is 1.72. The topological polar surface area (TPSA) is 66.0 Å². The zero-order chi connectivity index (χ0) is 10.5. The predicted molar refractivity (Wildman–Crippen MR) is 51.0 cm³/mol. The molecule has 0 spiro atoms. The highest BCUT2D eigenvalue weighted by molar-refractivity contribution is 5.77. The summed E-state index contributed by atoms with van der Waals surface area (Å²) in [6.45, 7) is 5.88. The van der Waals surface area contributed by atoms with Crippen LogP contribution >= 0.6 is 0 Å². The van der Waals surface area contributed by atoms with Crippen LogP contribution in [0.3, 0.4) is 0 Å². The summed E-state index contributed by atoms with van der Waals surface area (Å²) in [4.78, 5) is 18.1. The number of nitrogens with zero attached hydrogens (tertiary/aromatic N) is 1. The highest BCUT2D eigenvalue weighted by atomic mass is 16.4. The summed E-state index contributed by atoms with van der Waals surface area (Å²) >= 11 is 0.